The van der Waals surface area contributed by atoms with E-state index in [2.05, 4.69) is 25.3 Å². The molecule has 0 spiro atoms. The molecule has 0 aliphatic heterocycles. The van der Waals surface area contributed by atoms with Crippen molar-refractivity contribution in [3.05, 3.63) is 0 Å². The topological polar surface area (TPSA) is 80.3 Å². The van der Waals surface area contributed by atoms with Crippen molar-refractivity contribution in [2.75, 3.05) is 0 Å². The third-order valence-corrected chi connectivity index (χ3v) is 1.10. The summed E-state index contributed by atoms with van der Waals surface area (Å²) in [6, 6.07) is 0. The van der Waals surface area contributed by atoms with Crippen LogP contribution in [-0.4, -0.2) is 22.4 Å². The molecule has 0 saturated carbocycles. The van der Waals surface area contributed by atoms with E-state index in [0.717, 1.165) is 0 Å². The van der Waals surface area contributed by atoms with Crippen LogP contribution in [0.15, 0.2) is 0 Å². The molecule has 0 aromatic carbocycles. The van der Waals surface area contributed by atoms with Gasteiger partial charge in [0.25, 0.3) is 0 Å². The molecule has 7 heteroatoms. The predicted molar refractivity (Wildman–Crippen MR) is 46.9 cm³/mol. The minimum Gasteiger partial charge on any atom is -0.549 e. The summed E-state index contributed by atoms with van der Waals surface area (Å²) in [7, 11) is 0. The Balaban J connectivity index is -0.000000143. The third-order valence-electron chi connectivity index (χ3n) is 0.682. The standard InChI is InChI=1S/2C3H6O2S.Pt/c2*1-2(6)3(4)5;/h2*2,6H,1H3,(H,4,5);/q;;+2/p-2. The second-order valence-electron chi connectivity index (χ2n) is 1.99. The number of carbonyl (C=O) groups is 2. The van der Waals surface area contributed by atoms with Crippen LogP contribution < -0.4 is 10.2 Å². The summed E-state index contributed by atoms with van der Waals surface area (Å²) in [6.07, 6.45) is 0. The molecular weight excluding hydrogens is 395 g/mol. The molecule has 0 fully saturated rings. The van der Waals surface area contributed by atoms with E-state index < -0.39 is 22.4 Å². The Labute approximate surface area is 102 Å². The van der Waals surface area contributed by atoms with Crippen molar-refractivity contribution in [3.8, 4) is 0 Å². The molecule has 0 saturated heterocycles. The zero-order valence-electron chi connectivity index (χ0n) is 7.00. The monoisotopic (exact) mass is 405 g/mol. The van der Waals surface area contributed by atoms with E-state index in [0.29, 0.717) is 0 Å². The fourth-order valence-corrected chi connectivity index (χ4v) is 0. The van der Waals surface area contributed by atoms with Gasteiger partial charge in [-0.15, -0.1) is 0 Å². The van der Waals surface area contributed by atoms with E-state index in [1.165, 1.54) is 13.8 Å². The van der Waals surface area contributed by atoms with Gasteiger partial charge in [0.1, 0.15) is 0 Å². The van der Waals surface area contributed by atoms with Gasteiger partial charge >= 0.3 is 21.1 Å². The van der Waals surface area contributed by atoms with Crippen LogP contribution in [0.1, 0.15) is 13.8 Å². The largest absolute Gasteiger partial charge is 2.00 e. The van der Waals surface area contributed by atoms with E-state index in [-0.39, 0.29) is 21.1 Å². The fraction of sp³-hybridized carbons (Fsp3) is 0.667. The van der Waals surface area contributed by atoms with Gasteiger partial charge in [-0.3, -0.25) is 0 Å². The zero-order chi connectivity index (χ0) is 10.3. The Morgan fingerprint density at radius 1 is 1.00 bits per heavy atom. The number of carboxylic acids is 2. The van der Waals surface area contributed by atoms with Crippen LogP contribution in [0.2, 0.25) is 0 Å². The van der Waals surface area contributed by atoms with E-state index >= 15 is 0 Å². The second kappa shape index (κ2) is 10.4. The minimum absolute atomic E-state index is 0. The summed E-state index contributed by atoms with van der Waals surface area (Å²) < 4.78 is 0. The zero-order valence-corrected chi connectivity index (χ0v) is 11.1. The van der Waals surface area contributed by atoms with Gasteiger partial charge in [-0.2, -0.15) is 25.3 Å². The van der Waals surface area contributed by atoms with Gasteiger partial charge in [0.2, 0.25) is 0 Å². The summed E-state index contributed by atoms with van der Waals surface area (Å²) in [5.41, 5.74) is 0. The summed E-state index contributed by atoms with van der Waals surface area (Å²) in [4.78, 5) is 19.0. The normalized spacial score (nSPS) is 12.6. The van der Waals surface area contributed by atoms with Crippen molar-refractivity contribution in [1.82, 2.24) is 0 Å². The maximum absolute atomic E-state index is 9.51. The summed E-state index contributed by atoms with van der Waals surface area (Å²) >= 11 is 7.06. The van der Waals surface area contributed by atoms with E-state index in [4.69, 9.17) is 0 Å². The SMILES string of the molecule is CC(S)C(=O)[O-].CC(S)C(=O)[O-].[Pt+2]. The molecule has 2 unspecified atom stereocenters. The van der Waals surface area contributed by atoms with Crippen molar-refractivity contribution in [1.29, 1.82) is 0 Å². The van der Waals surface area contributed by atoms with Gasteiger partial charge in [0.05, 0.1) is 11.9 Å². The van der Waals surface area contributed by atoms with E-state index in [1.807, 2.05) is 0 Å². The smallest absolute Gasteiger partial charge is 0.549 e. The number of hydrogen-bond acceptors (Lipinski definition) is 6. The Morgan fingerprint density at radius 2 is 1.08 bits per heavy atom. The molecule has 0 aliphatic carbocycles. The van der Waals surface area contributed by atoms with E-state index in [9.17, 15) is 19.8 Å². The van der Waals surface area contributed by atoms with Crippen LogP contribution in [0.25, 0.3) is 0 Å². The first-order valence-electron chi connectivity index (χ1n) is 3.06. The van der Waals surface area contributed by atoms with Gasteiger partial charge in [-0.25, -0.2) is 0 Å². The first-order valence-corrected chi connectivity index (χ1v) is 4.10. The Morgan fingerprint density at radius 3 is 1.08 bits per heavy atom. The molecule has 0 N–H and O–H groups in total. The third kappa shape index (κ3) is 19.0. The molecule has 0 heterocycles. The summed E-state index contributed by atoms with van der Waals surface area (Å²) in [6.45, 7) is 2.89. The van der Waals surface area contributed by atoms with Crippen LogP contribution >= 0.6 is 25.3 Å². The molecule has 0 rings (SSSR count). The summed E-state index contributed by atoms with van der Waals surface area (Å²) in [5, 5.41) is 17.7. The van der Waals surface area contributed by atoms with Gasteiger partial charge in [-0.1, -0.05) is 0 Å². The van der Waals surface area contributed by atoms with Gasteiger partial charge in [-0.05, 0) is 13.8 Å². The number of aliphatic carboxylic acids is 2. The number of carbonyl (C=O) groups excluding carboxylic acids is 2. The maximum Gasteiger partial charge on any atom is 2.00 e. The number of hydrogen-bond donors (Lipinski definition) is 2. The number of carboxylic acid groups (broad SMARTS) is 2. The maximum atomic E-state index is 9.51. The molecule has 0 bridgehead atoms. The second-order valence-corrected chi connectivity index (χ2v) is 3.54. The molecule has 4 nitrogen and oxygen atoms in total. The molecule has 80 valence electrons. The van der Waals surface area contributed by atoms with Crippen molar-refractivity contribution < 1.29 is 40.9 Å². The Kier molecular flexibility index (Phi) is 15.2. The first kappa shape index (κ1) is 19.0. The fourth-order valence-electron chi connectivity index (χ4n) is 0. The van der Waals surface area contributed by atoms with Crippen LogP contribution in [0.5, 0.6) is 0 Å². The average Bonchev–Trinajstić information content (AvgIpc) is 1.88. The van der Waals surface area contributed by atoms with Gasteiger partial charge in [0, 0.05) is 10.5 Å². The van der Waals surface area contributed by atoms with Crippen LogP contribution in [0, 0.1) is 0 Å². The van der Waals surface area contributed by atoms with Crippen molar-refractivity contribution in [3.63, 3.8) is 0 Å². The Hall–Kier alpha value is 0.328. The van der Waals surface area contributed by atoms with Gasteiger partial charge in [0.15, 0.2) is 0 Å². The first-order chi connectivity index (χ1) is 5.29. The predicted octanol–water partition coefficient (Wildman–Crippen LogP) is -1.89. The van der Waals surface area contributed by atoms with Gasteiger partial charge < -0.3 is 19.8 Å². The van der Waals surface area contributed by atoms with E-state index in [1.54, 1.807) is 0 Å². The quantitative estimate of drug-likeness (QED) is 0.527. The molecule has 0 aromatic rings. The molecule has 0 aromatic heterocycles. The summed E-state index contributed by atoms with van der Waals surface area (Å²) in [5.74, 6) is -2.25. The average molecular weight is 405 g/mol. The molecule has 2 atom stereocenters. The Bertz CT molecular complexity index is 143. The van der Waals surface area contributed by atoms with Crippen molar-refractivity contribution in [2.24, 2.45) is 0 Å². The molecule has 0 aliphatic rings. The molecular formula is C6H10O4PtS2. The number of thiol groups is 2. The number of rotatable bonds is 2. The van der Waals surface area contributed by atoms with Crippen molar-refractivity contribution >= 4 is 37.2 Å². The molecule has 13 heavy (non-hydrogen) atoms. The minimum atomic E-state index is -1.13. The van der Waals surface area contributed by atoms with Crippen molar-refractivity contribution in [2.45, 2.75) is 24.3 Å². The van der Waals surface area contributed by atoms with Crippen LogP contribution in [0.3, 0.4) is 0 Å². The van der Waals surface area contributed by atoms with Crippen LogP contribution in [-0.2, 0) is 30.7 Å². The molecule has 0 amide bonds. The molecule has 0 radical (unpaired) electrons. The van der Waals surface area contributed by atoms with Crippen LogP contribution in [0.4, 0.5) is 0 Å².